The monoisotopic (exact) mass is 348 g/mol. The van der Waals surface area contributed by atoms with Gasteiger partial charge in [-0.25, -0.2) is 0 Å². The molecule has 0 aromatic heterocycles. The fourth-order valence-corrected chi connectivity index (χ4v) is 2.44. The highest BCUT2D eigenvalue weighted by atomic mass is 35.5. The Morgan fingerprint density at radius 3 is 2.38 bits per heavy atom. The van der Waals surface area contributed by atoms with Gasteiger partial charge in [-0.15, -0.1) is 12.4 Å². The van der Waals surface area contributed by atoms with E-state index in [1.165, 1.54) is 5.56 Å². The lowest BCUT2D eigenvalue weighted by molar-refractivity contribution is -0.116. The molecule has 0 saturated carbocycles. The lowest BCUT2D eigenvalue weighted by Crippen LogP contribution is -2.30. The highest BCUT2D eigenvalue weighted by Gasteiger charge is 2.09. The Balaban J connectivity index is 0.00000288. The molecule has 0 saturated heterocycles. The molecule has 2 rings (SSSR count). The summed E-state index contributed by atoms with van der Waals surface area (Å²) in [5.74, 6) is -0.00435. The molecule has 0 bridgehead atoms. The van der Waals surface area contributed by atoms with Crippen molar-refractivity contribution in [3.8, 4) is 0 Å². The Bertz CT molecular complexity index is 620. The first kappa shape index (κ1) is 20.2. The van der Waals surface area contributed by atoms with Gasteiger partial charge in [0.15, 0.2) is 0 Å². The summed E-state index contributed by atoms with van der Waals surface area (Å²) in [6, 6.07) is 17.8. The number of hydrogen-bond acceptors (Lipinski definition) is 3. The number of aliphatic hydroxyl groups excluding tert-OH is 1. The van der Waals surface area contributed by atoms with Crippen LogP contribution in [0.1, 0.15) is 17.5 Å². The van der Waals surface area contributed by atoms with Crippen LogP contribution in [0.5, 0.6) is 0 Å². The summed E-state index contributed by atoms with van der Waals surface area (Å²) in [6.07, 6.45) is 0.404. The molecule has 5 heteroatoms. The van der Waals surface area contributed by atoms with Gasteiger partial charge >= 0.3 is 0 Å². The number of benzene rings is 2. The Morgan fingerprint density at radius 1 is 1.04 bits per heavy atom. The van der Waals surface area contributed by atoms with Crippen LogP contribution in [-0.2, 0) is 11.3 Å². The predicted molar refractivity (Wildman–Crippen MR) is 100 cm³/mol. The topological polar surface area (TPSA) is 52.6 Å². The van der Waals surface area contributed by atoms with Crippen molar-refractivity contribution < 1.29 is 9.90 Å². The van der Waals surface area contributed by atoms with Crippen LogP contribution in [0.2, 0.25) is 0 Å². The second-order valence-corrected chi connectivity index (χ2v) is 5.60. The van der Waals surface area contributed by atoms with Crippen LogP contribution in [0.4, 0.5) is 5.69 Å². The smallest absolute Gasteiger partial charge is 0.225 e. The number of carbonyl (C=O) groups is 1. The molecule has 0 spiro atoms. The molecule has 2 aromatic carbocycles. The van der Waals surface area contributed by atoms with Gasteiger partial charge in [-0.2, -0.15) is 0 Å². The first-order chi connectivity index (χ1) is 11.2. The van der Waals surface area contributed by atoms with E-state index in [2.05, 4.69) is 22.3 Å². The quantitative estimate of drug-likeness (QED) is 0.770. The minimum atomic E-state index is -0.00435. The number of para-hydroxylation sites is 1. The van der Waals surface area contributed by atoms with Crippen LogP contribution >= 0.6 is 12.4 Å². The summed E-state index contributed by atoms with van der Waals surface area (Å²) in [5, 5.41) is 12.2. The van der Waals surface area contributed by atoms with E-state index in [0.29, 0.717) is 19.5 Å². The van der Waals surface area contributed by atoms with Crippen LogP contribution in [0.15, 0.2) is 54.6 Å². The SMILES string of the molecule is Cc1ccccc1NC(=O)CCN(CCO)Cc1ccccc1.Cl. The molecular formula is C19H25ClN2O2. The zero-order valence-electron chi connectivity index (χ0n) is 13.9. The zero-order valence-corrected chi connectivity index (χ0v) is 14.8. The lowest BCUT2D eigenvalue weighted by Gasteiger charge is -2.21. The molecule has 0 atom stereocenters. The van der Waals surface area contributed by atoms with Crippen molar-refractivity contribution in [1.82, 2.24) is 4.90 Å². The minimum Gasteiger partial charge on any atom is -0.395 e. The highest BCUT2D eigenvalue weighted by molar-refractivity contribution is 5.91. The standard InChI is InChI=1S/C19H24N2O2.ClH/c1-16-7-5-6-10-18(16)20-19(23)11-12-21(13-14-22)15-17-8-3-2-4-9-17;/h2-10,22H,11-15H2,1H3,(H,20,23);1H. The third-order valence-corrected chi connectivity index (χ3v) is 3.74. The maximum absolute atomic E-state index is 12.1. The summed E-state index contributed by atoms with van der Waals surface area (Å²) in [4.78, 5) is 14.2. The van der Waals surface area contributed by atoms with Crippen molar-refractivity contribution in [2.24, 2.45) is 0 Å². The molecule has 2 aromatic rings. The molecule has 0 unspecified atom stereocenters. The lowest BCUT2D eigenvalue weighted by atomic mass is 10.2. The first-order valence-electron chi connectivity index (χ1n) is 7.91. The summed E-state index contributed by atoms with van der Waals surface area (Å²) in [6.45, 7) is 3.98. The van der Waals surface area contributed by atoms with Gasteiger partial charge in [0.2, 0.25) is 5.91 Å². The molecule has 0 aliphatic heterocycles. The van der Waals surface area contributed by atoms with E-state index < -0.39 is 0 Å². The maximum atomic E-state index is 12.1. The molecule has 0 aliphatic rings. The molecule has 0 heterocycles. The van der Waals surface area contributed by atoms with Crippen molar-refractivity contribution >= 4 is 24.0 Å². The number of amides is 1. The van der Waals surface area contributed by atoms with Crippen molar-refractivity contribution in [2.45, 2.75) is 19.9 Å². The molecule has 4 nitrogen and oxygen atoms in total. The number of nitrogens with one attached hydrogen (secondary N) is 1. The van der Waals surface area contributed by atoms with Gasteiger partial charge in [0.25, 0.3) is 0 Å². The Kier molecular flexibility index (Phi) is 9.08. The molecule has 1 amide bonds. The van der Waals surface area contributed by atoms with Crippen LogP contribution in [0, 0.1) is 6.92 Å². The van der Waals surface area contributed by atoms with E-state index in [1.807, 2.05) is 49.4 Å². The number of anilines is 1. The molecule has 130 valence electrons. The summed E-state index contributed by atoms with van der Waals surface area (Å²) in [5.41, 5.74) is 3.09. The van der Waals surface area contributed by atoms with Gasteiger partial charge in [0.05, 0.1) is 6.61 Å². The molecule has 0 fully saturated rings. The Morgan fingerprint density at radius 2 is 1.71 bits per heavy atom. The van der Waals surface area contributed by atoms with Crippen molar-refractivity contribution in [3.05, 3.63) is 65.7 Å². The zero-order chi connectivity index (χ0) is 16.5. The number of aliphatic hydroxyl groups is 1. The normalized spacial score (nSPS) is 10.3. The van der Waals surface area contributed by atoms with E-state index in [9.17, 15) is 9.90 Å². The number of aryl methyl sites for hydroxylation is 1. The Hall–Kier alpha value is -1.88. The number of carbonyl (C=O) groups excluding carboxylic acids is 1. The van der Waals surface area contributed by atoms with E-state index >= 15 is 0 Å². The molecular weight excluding hydrogens is 324 g/mol. The third-order valence-electron chi connectivity index (χ3n) is 3.74. The van der Waals surface area contributed by atoms with Crippen LogP contribution in [0.25, 0.3) is 0 Å². The highest BCUT2D eigenvalue weighted by Crippen LogP contribution is 2.13. The molecule has 0 radical (unpaired) electrons. The van der Waals surface area contributed by atoms with E-state index in [1.54, 1.807) is 0 Å². The fourth-order valence-electron chi connectivity index (χ4n) is 2.44. The van der Waals surface area contributed by atoms with Crippen molar-refractivity contribution in [3.63, 3.8) is 0 Å². The van der Waals surface area contributed by atoms with Crippen molar-refractivity contribution in [2.75, 3.05) is 25.0 Å². The Labute approximate surface area is 149 Å². The minimum absolute atomic E-state index is 0. The van der Waals surface area contributed by atoms with E-state index in [0.717, 1.165) is 17.8 Å². The van der Waals surface area contributed by atoms with E-state index in [4.69, 9.17) is 0 Å². The summed E-state index contributed by atoms with van der Waals surface area (Å²) in [7, 11) is 0. The van der Waals surface area contributed by atoms with Crippen LogP contribution in [-0.4, -0.2) is 35.6 Å². The first-order valence-corrected chi connectivity index (χ1v) is 7.91. The summed E-state index contributed by atoms with van der Waals surface area (Å²) >= 11 is 0. The van der Waals surface area contributed by atoms with Crippen molar-refractivity contribution in [1.29, 1.82) is 0 Å². The van der Waals surface area contributed by atoms with Gasteiger partial charge in [-0.3, -0.25) is 9.69 Å². The third kappa shape index (κ3) is 6.71. The number of nitrogens with zero attached hydrogens (tertiary/aromatic N) is 1. The van der Waals surface area contributed by atoms with Gasteiger partial charge in [-0.05, 0) is 24.1 Å². The van der Waals surface area contributed by atoms with E-state index in [-0.39, 0.29) is 24.9 Å². The van der Waals surface area contributed by atoms with Gasteiger partial charge in [0.1, 0.15) is 0 Å². The predicted octanol–water partition coefficient (Wildman–Crippen LogP) is 3.24. The average molecular weight is 349 g/mol. The van der Waals surface area contributed by atoms with Crippen LogP contribution < -0.4 is 5.32 Å². The second-order valence-electron chi connectivity index (χ2n) is 5.60. The maximum Gasteiger partial charge on any atom is 0.225 e. The van der Waals surface area contributed by atoms with Gasteiger partial charge in [0, 0.05) is 31.7 Å². The number of halogens is 1. The fraction of sp³-hybridized carbons (Fsp3) is 0.316. The molecule has 2 N–H and O–H groups in total. The number of rotatable bonds is 8. The molecule has 24 heavy (non-hydrogen) atoms. The van der Waals surface area contributed by atoms with Crippen LogP contribution in [0.3, 0.4) is 0 Å². The molecule has 0 aliphatic carbocycles. The number of hydrogen-bond donors (Lipinski definition) is 2. The summed E-state index contributed by atoms with van der Waals surface area (Å²) < 4.78 is 0. The largest absolute Gasteiger partial charge is 0.395 e. The second kappa shape index (κ2) is 10.8. The van der Waals surface area contributed by atoms with Gasteiger partial charge < -0.3 is 10.4 Å². The average Bonchev–Trinajstić information content (AvgIpc) is 2.56. The van der Waals surface area contributed by atoms with Gasteiger partial charge in [-0.1, -0.05) is 48.5 Å².